The molecule has 0 radical (unpaired) electrons. The molecule has 150 valence electrons. The molecule has 2 N–H and O–H groups in total. The van der Waals surface area contributed by atoms with Gasteiger partial charge >= 0.3 is 0 Å². The molecule has 0 saturated heterocycles. The minimum absolute atomic E-state index is 0.359. The molecular weight excluding hydrogens is 386 g/mol. The number of rotatable bonds is 6. The molecule has 3 rings (SSSR count). The molecule has 2 aromatic carbocycles. The summed E-state index contributed by atoms with van der Waals surface area (Å²) in [5.74, 6) is 0.687. The Morgan fingerprint density at radius 3 is 2.34 bits per heavy atom. The van der Waals surface area contributed by atoms with Gasteiger partial charge in [-0.1, -0.05) is 36.3 Å². The van der Waals surface area contributed by atoms with Crippen molar-refractivity contribution in [3.8, 4) is 0 Å². The fraction of sp³-hybridized carbons (Fsp3) is 0.227. The van der Waals surface area contributed by atoms with E-state index < -0.39 is 0 Å². The first kappa shape index (κ1) is 20.7. The normalized spacial score (nSPS) is 10.6. The van der Waals surface area contributed by atoms with Gasteiger partial charge in [-0.2, -0.15) is 0 Å². The highest BCUT2D eigenvalue weighted by atomic mass is 32.2. The van der Waals surface area contributed by atoms with Gasteiger partial charge in [-0.25, -0.2) is 0 Å². The highest BCUT2D eigenvalue weighted by Gasteiger charge is 2.15. The Labute approximate surface area is 174 Å². The van der Waals surface area contributed by atoms with E-state index in [1.807, 2.05) is 38.1 Å². The molecule has 0 aliphatic carbocycles. The molecule has 7 heteroatoms. The van der Waals surface area contributed by atoms with Crippen LogP contribution in [-0.4, -0.2) is 17.0 Å². The third-order valence-corrected chi connectivity index (χ3v) is 5.70. The van der Waals surface area contributed by atoms with Gasteiger partial charge in [0.05, 0.1) is 11.3 Å². The Morgan fingerprint density at radius 1 is 1.00 bits per heavy atom. The van der Waals surface area contributed by atoms with E-state index in [4.69, 9.17) is 4.52 Å². The summed E-state index contributed by atoms with van der Waals surface area (Å²) in [5.41, 5.74) is 8.97. The number of nitrogens with zero attached hydrogens (tertiary/aromatic N) is 1. The molecule has 0 spiro atoms. The van der Waals surface area contributed by atoms with E-state index in [0.29, 0.717) is 16.9 Å². The van der Waals surface area contributed by atoms with Crippen molar-refractivity contribution in [2.24, 2.45) is 0 Å². The summed E-state index contributed by atoms with van der Waals surface area (Å²) >= 11 is 1.52. The quantitative estimate of drug-likeness (QED) is 0.470. The topological polar surface area (TPSA) is 84.2 Å². The van der Waals surface area contributed by atoms with E-state index in [2.05, 4.69) is 22.9 Å². The number of hydrogen-bond acceptors (Lipinski definition) is 5. The largest absolute Gasteiger partial charge is 0.361 e. The zero-order chi connectivity index (χ0) is 20.8. The van der Waals surface area contributed by atoms with Crippen molar-refractivity contribution in [2.75, 3.05) is 0 Å². The summed E-state index contributed by atoms with van der Waals surface area (Å²) in [7, 11) is 0. The number of nitrogens with one attached hydrogen (secondary N) is 2. The average molecular weight is 410 g/mol. The Morgan fingerprint density at radius 2 is 1.69 bits per heavy atom. The van der Waals surface area contributed by atoms with Crippen LogP contribution in [0.5, 0.6) is 0 Å². The van der Waals surface area contributed by atoms with Crippen molar-refractivity contribution in [3.05, 3.63) is 82.2 Å². The molecule has 0 atom stereocenters. The number of benzene rings is 2. The smallest absolute Gasteiger partial charge is 0.270 e. The molecule has 0 aliphatic rings. The van der Waals surface area contributed by atoms with Crippen LogP contribution in [0, 0.1) is 13.8 Å². The zero-order valence-electron chi connectivity index (χ0n) is 16.6. The predicted molar refractivity (Wildman–Crippen MR) is 113 cm³/mol. The van der Waals surface area contributed by atoms with Gasteiger partial charge in [0.1, 0.15) is 5.76 Å². The third kappa shape index (κ3) is 5.06. The van der Waals surface area contributed by atoms with Gasteiger partial charge in [-0.3, -0.25) is 20.4 Å². The van der Waals surface area contributed by atoms with Gasteiger partial charge in [0.15, 0.2) is 0 Å². The maximum atomic E-state index is 12.6. The van der Waals surface area contributed by atoms with Gasteiger partial charge in [-0.15, -0.1) is 11.8 Å². The summed E-state index contributed by atoms with van der Waals surface area (Å²) in [6.07, 6.45) is 0.904. The van der Waals surface area contributed by atoms with E-state index in [0.717, 1.165) is 33.9 Å². The Hall–Kier alpha value is -3.06. The molecule has 0 unspecified atom stereocenters. The third-order valence-electron chi connectivity index (χ3n) is 4.60. The zero-order valence-corrected chi connectivity index (χ0v) is 17.4. The summed E-state index contributed by atoms with van der Waals surface area (Å²) in [5, 5.41) is 3.96. The molecular formula is C22H23N3O3S. The SMILES string of the molecule is CCc1ccc(C(=O)NNC(=O)c2ccccc2SCc2c(C)noc2C)cc1. The number of aryl methyl sites for hydroxylation is 3. The maximum absolute atomic E-state index is 12.6. The van der Waals surface area contributed by atoms with Gasteiger partial charge in [0.2, 0.25) is 0 Å². The van der Waals surface area contributed by atoms with Crippen LogP contribution >= 0.6 is 11.8 Å². The lowest BCUT2D eigenvalue weighted by atomic mass is 10.1. The second-order valence-corrected chi connectivity index (χ2v) is 7.56. The molecule has 0 aliphatic heterocycles. The Balaban J connectivity index is 1.64. The molecule has 6 nitrogen and oxygen atoms in total. The minimum Gasteiger partial charge on any atom is -0.361 e. The average Bonchev–Trinajstić information content (AvgIpc) is 3.07. The lowest BCUT2D eigenvalue weighted by molar-refractivity contribution is 0.0845. The highest BCUT2D eigenvalue weighted by molar-refractivity contribution is 7.98. The molecule has 1 aromatic heterocycles. The molecule has 3 aromatic rings. The highest BCUT2D eigenvalue weighted by Crippen LogP contribution is 2.28. The Bertz CT molecular complexity index is 993. The molecule has 29 heavy (non-hydrogen) atoms. The van der Waals surface area contributed by atoms with Crippen LogP contribution in [0.4, 0.5) is 0 Å². The lowest BCUT2D eigenvalue weighted by Crippen LogP contribution is -2.41. The van der Waals surface area contributed by atoms with Gasteiger partial charge in [0.25, 0.3) is 11.8 Å². The number of hydrogen-bond donors (Lipinski definition) is 2. The molecule has 0 saturated carbocycles. The van der Waals surface area contributed by atoms with Crippen LogP contribution in [-0.2, 0) is 12.2 Å². The van der Waals surface area contributed by atoms with Crippen LogP contribution in [0.3, 0.4) is 0 Å². The van der Waals surface area contributed by atoms with Crippen molar-refractivity contribution in [3.63, 3.8) is 0 Å². The first-order valence-electron chi connectivity index (χ1n) is 9.32. The van der Waals surface area contributed by atoms with E-state index >= 15 is 0 Å². The Kier molecular flexibility index (Phi) is 6.72. The number of carbonyl (C=O) groups is 2. The number of carbonyl (C=O) groups excluding carboxylic acids is 2. The first-order chi connectivity index (χ1) is 14.0. The van der Waals surface area contributed by atoms with E-state index in [9.17, 15) is 9.59 Å². The number of thioether (sulfide) groups is 1. The molecule has 0 bridgehead atoms. The maximum Gasteiger partial charge on any atom is 0.270 e. The monoisotopic (exact) mass is 409 g/mol. The van der Waals surface area contributed by atoms with Gasteiger partial charge in [-0.05, 0) is 50.1 Å². The van der Waals surface area contributed by atoms with Crippen molar-refractivity contribution in [1.29, 1.82) is 0 Å². The lowest BCUT2D eigenvalue weighted by Gasteiger charge is -2.11. The minimum atomic E-state index is -0.370. The van der Waals surface area contributed by atoms with Crippen molar-refractivity contribution >= 4 is 23.6 Å². The predicted octanol–water partition coefficient (Wildman–Crippen LogP) is 4.22. The van der Waals surface area contributed by atoms with Crippen molar-refractivity contribution < 1.29 is 14.1 Å². The van der Waals surface area contributed by atoms with Crippen LogP contribution < -0.4 is 10.9 Å². The number of amides is 2. The van der Waals surface area contributed by atoms with E-state index in [1.165, 1.54) is 11.8 Å². The van der Waals surface area contributed by atoms with Crippen LogP contribution in [0.1, 0.15) is 50.2 Å². The first-order valence-corrected chi connectivity index (χ1v) is 10.3. The van der Waals surface area contributed by atoms with Crippen molar-refractivity contribution in [1.82, 2.24) is 16.0 Å². The fourth-order valence-electron chi connectivity index (χ4n) is 2.78. The van der Waals surface area contributed by atoms with E-state index in [-0.39, 0.29) is 11.8 Å². The van der Waals surface area contributed by atoms with Gasteiger partial charge in [0, 0.05) is 21.8 Å². The standard InChI is InChI=1S/C22H23N3O3S/c1-4-16-9-11-17(12-10-16)21(26)23-24-22(27)18-7-5-6-8-20(18)29-13-19-14(2)25-28-15(19)3/h5-12H,4,13H2,1-3H3,(H,23,26)(H,24,27). The van der Waals surface area contributed by atoms with Crippen molar-refractivity contribution in [2.45, 2.75) is 37.8 Å². The van der Waals surface area contributed by atoms with E-state index in [1.54, 1.807) is 24.3 Å². The molecule has 2 amide bonds. The van der Waals surface area contributed by atoms with Crippen LogP contribution in [0.2, 0.25) is 0 Å². The summed E-state index contributed by atoms with van der Waals surface area (Å²) in [4.78, 5) is 25.7. The van der Waals surface area contributed by atoms with Gasteiger partial charge < -0.3 is 4.52 Å². The van der Waals surface area contributed by atoms with Crippen LogP contribution in [0.15, 0.2) is 57.9 Å². The summed E-state index contributed by atoms with van der Waals surface area (Å²) in [6.45, 7) is 5.82. The molecule has 1 heterocycles. The molecule has 0 fully saturated rings. The number of aromatic nitrogens is 1. The summed E-state index contributed by atoms with van der Waals surface area (Å²) in [6, 6.07) is 14.6. The second-order valence-electron chi connectivity index (χ2n) is 6.55. The summed E-state index contributed by atoms with van der Waals surface area (Å²) < 4.78 is 5.19. The fourth-order valence-corrected chi connectivity index (χ4v) is 3.99. The second kappa shape index (κ2) is 9.43. The number of hydrazine groups is 1. The van der Waals surface area contributed by atoms with Crippen LogP contribution in [0.25, 0.3) is 0 Å².